The Bertz CT molecular complexity index is 458. The van der Waals surface area contributed by atoms with Crippen molar-refractivity contribution in [1.29, 1.82) is 0 Å². The summed E-state index contributed by atoms with van der Waals surface area (Å²) in [6.07, 6.45) is 0. The van der Waals surface area contributed by atoms with Crippen LogP contribution in [0, 0.1) is 0 Å². The lowest BCUT2D eigenvalue weighted by Crippen LogP contribution is -2.33. The molecule has 2 N–H and O–H groups in total. The Labute approximate surface area is 125 Å². The van der Waals surface area contributed by atoms with Crippen LogP contribution in [0.1, 0.15) is 17.3 Å². The van der Waals surface area contributed by atoms with Crippen molar-refractivity contribution >= 4 is 17.6 Å². The number of esters is 1. The number of rotatable bonds is 8. The molecule has 6 nitrogen and oxygen atoms in total. The summed E-state index contributed by atoms with van der Waals surface area (Å²) in [5, 5.41) is 5.82. The summed E-state index contributed by atoms with van der Waals surface area (Å²) in [5.41, 5.74) is 1.13. The van der Waals surface area contributed by atoms with E-state index < -0.39 is 0 Å². The molecule has 0 bridgehead atoms. The Kier molecular flexibility index (Phi) is 7.42. The van der Waals surface area contributed by atoms with Gasteiger partial charge in [0.15, 0.2) is 0 Å². The lowest BCUT2D eigenvalue weighted by Gasteiger charge is -2.10. The third kappa shape index (κ3) is 6.87. The number of benzene rings is 1. The summed E-state index contributed by atoms with van der Waals surface area (Å²) < 4.78 is 4.89. The van der Waals surface area contributed by atoms with Crippen LogP contribution in [-0.2, 0) is 9.53 Å². The van der Waals surface area contributed by atoms with E-state index in [2.05, 4.69) is 10.6 Å². The highest BCUT2D eigenvalue weighted by Gasteiger charge is 2.07. The van der Waals surface area contributed by atoms with Gasteiger partial charge in [0.2, 0.25) is 5.91 Å². The number of hydrogen-bond donors (Lipinski definition) is 2. The number of likely N-dealkylation sites (N-methyl/N-ethyl adjacent to an activating group) is 1. The first-order valence-electron chi connectivity index (χ1n) is 6.95. The van der Waals surface area contributed by atoms with Crippen LogP contribution in [-0.4, -0.2) is 57.1 Å². The molecule has 0 unspecified atom stereocenters. The first-order chi connectivity index (χ1) is 10.0. The average Bonchev–Trinajstić information content (AvgIpc) is 2.44. The molecular formula is C15H23N3O3. The quantitative estimate of drug-likeness (QED) is 0.552. The molecule has 0 spiro atoms. The van der Waals surface area contributed by atoms with Crippen LogP contribution in [0.25, 0.3) is 0 Å². The Morgan fingerprint density at radius 2 is 1.86 bits per heavy atom. The maximum Gasteiger partial charge on any atom is 0.338 e. The summed E-state index contributed by atoms with van der Waals surface area (Å²) >= 11 is 0. The maximum absolute atomic E-state index is 11.7. The lowest BCUT2D eigenvalue weighted by atomic mass is 10.2. The number of ether oxygens (including phenoxy) is 1. The number of nitrogens with zero attached hydrogens (tertiary/aromatic N) is 1. The zero-order chi connectivity index (χ0) is 15.7. The summed E-state index contributed by atoms with van der Waals surface area (Å²) in [6.45, 7) is 3.99. The predicted octanol–water partition coefficient (Wildman–Crippen LogP) is 0.953. The smallest absolute Gasteiger partial charge is 0.338 e. The lowest BCUT2D eigenvalue weighted by molar-refractivity contribution is -0.115. The third-order valence-electron chi connectivity index (χ3n) is 2.70. The van der Waals surface area contributed by atoms with Crippen LogP contribution >= 0.6 is 0 Å². The van der Waals surface area contributed by atoms with Gasteiger partial charge in [0.25, 0.3) is 0 Å². The molecule has 116 valence electrons. The Balaban J connectivity index is 2.37. The number of nitrogens with one attached hydrogen (secondary N) is 2. The van der Waals surface area contributed by atoms with Gasteiger partial charge >= 0.3 is 5.97 Å². The van der Waals surface area contributed by atoms with Gasteiger partial charge in [0.05, 0.1) is 18.7 Å². The zero-order valence-corrected chi connectivity index (χ0v) is 12.8. The van der Waals surface area contributed by atoms with Crippen molar-refractivity contribution in [1.82, 2.24) is 10.2 Å². The second kappa shape index (κ2) is 9.10. The monoisotopic (exact) mass is 293 g/mol. The molecule has 1 aromatic carbocycles. The van der Waals surface area contributed by atoms with Crippen molar-refractivity contribution in [3.63, 3.8) is 0 Å². The summed E-state index contributed by atoms with van der Waals surface area (Å²) in [4.78, 5) is 25.2. The summed E-state index contributed by atoms with van der Waals surface area (Å²) in [5.74, 6) is -0.474. The molecule has 0 fully saturated rings. The van der Waals surface area contributed by atoms with Crippen molar-refractivity contribution < 1.29 is 14.3 Å². The molecule has 0 heterocycles. The Morgan fingerprint density at radius 3 is 2.43 bits per heavy atom. The molecule has 1 amide bonds. The fraction of sp³-hybridized carbons (Fsp3) is 0.467. The minimum atomic E-state index is -0.360. The normalized spacial score (nSPS) is 10.5. The van der Waals surface area contributed by atoms with Crippen LogP contribution in [0.3, 0.4) is 0 Å². The molecule has 21 heavy (non-hydrogen) atoms. The van der Waals surface area contributed by atoms with Crippen molar-refractivity contribution in [2.75, 3.05) is 45.7 Å². The number of carbonyl (C=O) groups is 2. The SMILES string of the molecule is CCOC(=O)c1ccc(NC(=O)CNCCN(C)C)cc1. The van der Waals surface area contributed by atoms with Gasteiger partial charge in [-0.25, -0.2) is 4.79 Å². The number of anilines is 1. The largest absolute Gasteiger partial charge is 0.462 e. The fourth-order valence-electron chi connectivity index (χ4n) is 1.61. The van der Waals surface area contributed by atoms with Crippen LogP contribution in [0.2, 0.25) is 0 Å². The van der Waals surface area contributed by atoms with Gasteiger partial charge in [-0.15, -0.1) is 0 Å². The number of hydrogen-bond acceptors (Lipinski definition) is 5. The number of amides is 1. The molecule has 0 aromatic heterocycles. The van der Waals surface area contributed by atoms with Gasteiger partial charge in [-0.1, -0.05) is 0 Å². The van der Waals surface area contributed by atoms with E-state index in [4.69, 9.17) is 4.74 Å². The molecular weight excluding hydrogens is 270 g/mol. The molecule has 0 aliphatic heterocycles. The minimum Gasteiger partial charge on any atom is -0.462 e. The van der Waals surface area contributed by atoms with Crippen molar-refractivity contribution in [2.45, 2.75) is 6.92 Å². The summed E-state index contributed by atoms with van der Waals surface area (Å²) in [6, 6.07) is 6.63. The van der Waals surface area contributed by atoms with E-state index in [1.54, 1.807) is 31.2 Å². The molecule has 0 radical (unpaired) electrons. The highest BCUT2D eigenvalue weighted by atomic mass is 16.5. The second-order valence-corrected chi connectivity index (χ2v) is 4.83. The maximum atomic E-state index is 11.7. The van der Waals surface area contributed by atoms with Crippen LogP contribution in [0.4, 0.5) is 5.69 Å². The van der Waals surface area contributed by atoms with Crippen molar-refractivity contribution in [2.24, 2.45) is 0 Å². The topological polar surface area (TPSA) is 70.7 Å². The molecule has 0 aliphatic rings. The van der Waals surface area contributed by atoms with Crippen LogP contribution < -0.4 is 10.6 Å². The molecule has 0 aliphatic carbocycles. The second-order valence-electron chi connectivity index (χ2n) is 4.83. The Hall–Kier alpha value is -1.92. The standard InChI is InChI=1S/C15H23N3O3/c1-4-21-15(20)12-5-7-13(8-6-12)17-14(19)11-16-9-10-18(2)3/h5-8,16H,4,9-11H2,1-3H3,(H,17,19). The fourth-order valence-corrected chi connectivity index (χ4v) is 1.61. The van der Waals surface area contributed by atoms with E-state index in [1.165, 1.54) is 0 Å². The molecule has 0 saturated heterocycles. The Morgan fingerprint density at radius 1 is 1.19 bits per heavy atom. The van der Waals surface area contributed by atoms with Crippen molar-refractivity contribution in [3.05, 3.63) is 29.8 Å². The highest BCUT2D eigenvalue weighted by Crippen LogP contribution is 2.10. The van der Waals surface area contributed by atoms with Gasteiger partial charge in [0.1, 0.15) is 0 Å². The van der Waals surface area contributed by atoms with Gasteiger partial charge in [-0.3, -0.25) is 4.79 Å². The molecule has 0 atom stereocenters. The molecule has 1 aromatic rings. The first kappa shape index (κ1) is 17.1. The van der Waals surface area contributed by atoms with Crippen LogP contribution in [0.5, 0.6) is 0 Å². The van der Waals surface area contributed by atoms with Crippen LogP contribution in [0.15, 0.2) is 24.3 Å². The minimum absolute atomic E-state index is 0.113. The van der Waals surface area contributed by atoms with E-state index in [9.17, 15) is 9.59 Å². The van der Waals surface area contributed by atoms with Gasteiger partial charge in [-0.2, -0.15) is 0 Å². The van der Waals surface area contributed by atoms with Gasteiger partial charge in [0, 0.05) is 18.8 Å². The summed E-state index contributed by atoms with van der Waals surface area (Å²) in [7, 11) is 3.96. The van der Waals surface area contributed by atoms with Crippen molar-refractivity contribution in [3.8, 4) is 0 Å². The molecule has 6 heteroatoms. The number of carbonyl (C=O) groups excluding carboxylic acids is 2. The third-order valence-corrected chi connectivity index (χ3v) is 2.70. The van der Waals surface area contributed by atoms with E-state index >= 15 is 0 Å². The average molecular weight is 293 g/mol. The van der Waals surface area contributed by atoms with Gasteiger partial charge < -0.3 is 20.3 Å². The zero-order valence-electron chi connectivity index (χ0n) is 12.8. The highest BCUT2D eigenvalue weighted by molar-refractivity contribution is 5.93. The van der Waals surface area contributed by atoms with Gasteiger partial charge in [-0.05, 0) is 45.3 Å². The van der Waals surface area contributed by atoms with E-state index in [-0.39, 0.29) is 18.4 Å². The molecule has 1 rings (SSSR count). The van der Waals surface area contributed by atoms with E-state index in [0.29, 0.717) is 17.9 Å². The predicted molar refractivity (Wildman–Crippen MR) is 82.5 cm³/mol. The first-order valence-corrected chi connectivity index (χ1v) is 6.95. The molecule has 0 saturated carbocycles. The van der Waals surface area contributed by atoms with E-state index in [1.807, 2.05) is 19.0 Å². The van der Waals surface area contributed by atoms with E-state index in [0.717, 1.165) is 13.1 Å².